The first-order valence-electron chi connectivity index (χ1n) is 16.6. The number of hydrogen-bond acceptors (Lipinski definition) is 19. The largest absolute Gasteiger partial charge is 0.508 e. The maximum Gasteiger partial charge on any atom is 0.239 e. The van der Waals surface area contributed by atoms with Gasteiger partial charge in [0.1, 0.15) is 89.3 Å². The van der Waals surface area contributed by atoms with Gasteiger partial charge >= 0.3 is 0 Å². The van der Waals surface area contributed by atoms with E-state index in [4.69, 9.17) is 37.6 Å². The van der Waals surface area contributed by atoms with Crippen LogP contribution in [0.15, 0.2) is 45.6 Å². The first kappa shape index (κ1) is 39.0. The molecule has 3 aliphatic rings. The van der Waals surface area contributed by atoms with E-state index in [9.17, 15) is 55.9 Å². The molecule has 53 heavy (non-hydrogen) atoms. The summed E-state index contributed by atoms with van der Waals surface area (Å²) < 4.78 is 45.1. The van der Waals surface area contributed by atoms with Crippen LogP contribution < -0.4 is 14.9 Å². The van der Waals surface area contributed by atoms with E-state index in [1.807, 2.05) is 0 Å². The topological polar surface area (TPSA) is 297 Å². The highest BCUT2D eigenvalue weighted by Gasteiger charge is 2.51. The lowest BCUT2D eigenvalue weighted by Gasteiger charge is -2.46. The lowest BCUT2D eigenvalue weighted by molar-refractivity contribution is -0.357. The number of aliphatic hydroxyl groups excluding tert-OH is 8. The van der Waals surface area contributed by atoms with Gasteiger partial charge in [0.05, 0.1) is 25.9 Å². The fraction of sp³-hybridized carbons (Fsp3) is 0.559. The van der Waals surface area contributed by atoms with Crippen LogP contribution in [0.5, 0.6) is 23.0 Å². The Hall–Kier alpha value is -3.67. The average molecular weight is 755 g/mol. The van der Waals surface area contributed by atoms with Gasteiger partial charge in [-0.25, -0.2) is 0 Å². The third-order valence-corrected chi connectivity index (χ3v) is 9.48. The van der Waals surface area contributed by atoms with Crippen molar-refractivity contribution in [2.24, 2.45) is 0 Å². The van der Waals surface area contributed by atoms with E-state index in [-0.39, 0.29) is 33.8 Å². The van der Waals surface area contributed by atoms with Crippen molar-refractivity contribution in [3.05, 3.63) is 46.6 Å². The van der Waals surface area contributed by atoms with Crippen LogP contribution in [0.2, 0.25) is 0 Å². The summed E-state index contributed by atoms with van der Waals surface area (Å²) in [6.07, 6.45) is -23.6. The maximum atomic E-state index is 13.8. The average Bonchev–Trinajstić information content (AvgIpc) is 3.13. The molecule has 1 aromatic heterocycles. The number of ether oxygens (including phenoxy) is 7. The van der Waals surface area contributed by atoms with Gasteiger partial charge in [0.25, 0.3) is 0 Å². The van der Waals surface area contributed by atoms with Gasteiger partial charge in [0.2, 0.25) is 17.5 Å². The van der Waals surface area contributed by atoms with Crippen LogP contribution in [-0.2, 0) is 23.7 Å². The van der Waals surface area contributed by atoms with Crippen molar-refractivity contribution >= 4 is 11.0 Å². The maximum absolute atomic E-state index is 13.8. The summed E-state index contributed by atoms with van der Waals surface area (Å²) in [4.78, 5) is 13.8. The summed E-state index contributed by atoms with van der Waals surface area (Å²) in [6, 6.07) is 7.93. The van der Waals surface area contributed by atoms with Gasteiger partial charge in [-0.3, -0.25) is 4.79 Å². The molecule has 292 valence electrons. The second-order valence-corrected chi connectivity index (χ2v) is 13.1. The minimum Gasteiger partial charge on any atom is -0.508 e. The number of methoxy groups -OCH3 is 1. The van der Waals surface area contributed by atoms with E-state index in [2.05, 4.69) is 0 Å². The van der Waals surface area contributed by atoms with Crippen molar-refractivity contribution in [1.29, 1.82) is 0 Å². The fourth-order valence-corrected chi connectivity index (χ4v) is 6.36. The summed E-state index contributed by atoms with van der Waals surface area (Å²) in [6.45, 7) is 2.25. The Kier molecular flexibility index (Phi) is 11.5. The highest BCUT2D eigenvalue weighted by atomic mass is 16.7. The molecule has 3 fully saturated rings. The van der Waals surface area contributed by atoms with Crippen LogP contribution in [0.4, 0.5) is 0 Å². The monoisotopic (exact) mass is 754 g/mol. The van der Waals surface area contributed by atoms with E-state index in [0.29, 0.717) is 0 Å². The Morgan fingerprint density at radius 1 is 0.698 bits per heavy atom. The van der Waals surface area contributed by atoms with Crippen LogP contribution in [0.25, 0.3) is 22.3 Å². The van der Waals surface area contributed by atoms with E-state index >= 15 is 0 Å². The Morgan fingerprint density at radius 3 is 2.00 bits per heavy atom. The molecule has 0 aliphatic carbocycles. The molecule has 0 bridgehead atoms. The smallest absolute Gasteiger partial charge is 0.239 e. The minimum atomic E-state index is -1.95. The van der Waals surface area contributed by atoms with E-state index in [0.717, 1.165) is 0 Å². The first-order valence-corrected chi connectivity index (χ1v) is 16.6. The lowest BCUT2D eigenvalue weighted by atomic mass is 9.97. The molecular weight excluding hydrogens is 712 g/mol. The molecule has 19 heteroatoms. The summed E-state index contributed by atoms with van der Waals surface area (Å²) in [7, 11) is 1.34. The number of rotatable bonds is 9. The molecule has 0 radical (unpaired) electrons. The van der Waals surface area contributed by atoms with Crippen molar-refractivity contribution in [3.8, 4) is 34.3 Å². The van der Waals surface area contributed by atoms with Gasteiger partial charge in [-0.15, -0.1) is 0 Å². The second kappa shape index (κ2) is 15.6. The molecule has 4 heterocycles. The van der Waals surface area contributed by atoms with Crippen molar-refractivity contribution in [1.82, 2.24) is 0 Å². The molecule has 3 aromatic rings. The number of fused-ring (bicyclic) bond motifs is 1. The molecular formula is C34H42O19. The zero-order valence-corrected chi connectivity index (χ0v) is 28.5. The van der Waals surface area contributed by atoms with Crippen LogP contribution in [0.1, 0.15) is 13.8 Å². The van der Waals surface area contributed by atoms with Gasteiger partial charge in [0, 0.05) is 17.7 Å². The van der Waals surface area contributed by atoms with Gasteiger partial charge in [-0.05, 0) is 38.1 Å². The molecule has 6 rings (SSSR count). The van der Waals surface area contributed by atoms with Crippen LogP contribution in [0, 0.1) is 0 Å². The molecule has 3 aliphatic heterocycles. The number of aromatic hydroxyl groups is 2. The molecule has 0 amide bonds. The SMILES string of the molecule is COc1cc(O)c2c(=O)c(OC3OC(COC4OC(C)C(OC5OC(C)C(O)C(O)C5O)C(O)C4O)C(O)C(O)C3O)c(-c3ccc(O)cc3)oc2c1. The summed E-state index contributed by atoms with van der Waals surface area (Å²) in [5.74, 6) is -1.25. The molecule has 0 saturated carbocycles. The Bertz CT molecular complexity index is 1780. The summed E-state index contributed by atoms with van der Waals surface area (Å²) in [5, 5.41) is 105. The number of hydrogen-bond donors (Lipinski definition) is 10. The first-order chi connectivity index (χ1) is 25.1. The molecule has 10 N–H and O–H groups in total. The van der Waals surface area contributed by atoms with Crippen LogP contribution in [-0.4, -0.2) is 157 Å². The zero-order chi connectivity index (χ0) is 38.5. The number of phenolic OH excluding ortho intramolecular Hbond substituents is 2. The predicted octanol–water partition coefficient (Wildman–Crippen LogP) is -2.24. The highest BCUT2D eigenvalue weighted by Crippen LogP contribution is 2.38. The van der Waals surface area contributed by atoms with E-state index in [1.165, 1.54) is 57.4 Å². The Labute approximate surface area is 300 Å². The molecule has 19 nitrogen and oxygen atoms in total. The van der Waals surface area contributed by atoms with Crippen LogP contribution >= 0.6 is 0 Å². The van der Waals surface area contributed by atoms with Gasteiger partial charge in [-0.1, -0.05) is 0 Å². The highest BCUT2D eigenvalue weighted by molar-refractivity contribution is 5.88. The second-order valence-electron chi connectivity index (χ2n) is 13.1. The minimum absolute atomic E-state index is 0.0994. The van der Waals surface area contributed by atoms with Crippen molar-refractivity contribution in [2.45, 2.75) is 106 Å². The van der Waals surface area contributed by atoms with Gasteiger partial charge in [0.15, 0.2) is 18.3 Å². The number of benzene rings is 2. The van der Waals surface area contributed by atoms with Crippen molar-refractivity contribution < 1.29 is 88.6 Å². The van der Waals surface area contributed by atoms with Crippen LogP contribution in [0.3, 0.4) is 0 Å². The zero-order valence-electron chi connectivity index (χ0n) is 28.5. The standard InChI is InChI=1S/C34H42O19/c1-11-20(37)23(40)26(43)33(48-11)52-29-12(2)49-32(28(45)25(29)42)47-10-18-21(38)24(41)27(44)34(51-18)53-31-22(39)19-16(36)8-15(46-3)9-17(19)50-30(31)13-4-6-14(35)7-5-13/h4-9,11-12,18,20-21,23-29,32-38,40-45H,10H2,1-3H3. The van der Waals surface area contributed by atoms with E-state index < -0.39 is 116 Å². The quantitative estimate of drug-likeness (QED) is 0.110. The Morgan fingerprint density at radius 2 is 1.32 bits per heavy atom. The number of phenols is 2. The molecule has 3 saturated heterocycles. The third-order valence-electron chi connectivity index (χ3n) is 9.48. The van der Waals surface area contributed by atoms with Gasteiger partial charge < -0.3 is 88.6 Å². The Balaban J connectivity index is 1.19. The van der Waals surface area contributed by atoms with Crippen molar-refractivity contribution in [2.75, 3.05) is 13.7 Å². The fourth-order valence-electron chi connectivity index (χ4n) is 6.36. The third kappa shape index (κ3) is 7.54. The summed E-state index contributed by atoms with van der Waals surface area (Å²) >= 11 is 0. The number of aliphatic hydroxyl groups is 8. The summed E-state index contributed by atoms with van der Waals surface area (Å²) in [5.41, 5.74) is -0.794. The van der Waals surface area contributed by atoms with Crippen molar-refractivity contribution in [3.63, 3.8) is 0 Å². The predicted molar refractivity (Wildman–Crippen MR) is 175 cm³/mol. The molecule has 15 unspecified atom stereocenters. The lowest BCUT2D eigenvalue weighted by Crippen LogP contribution is -2.63. The van der Waals surface area contributed by atoms with Gasteiger partial charge in [-0.2, -0.15) is 0 Å². The molecule has 0 spiro atoms. The molecule has 15 atom stereocenters. The van der Waals surface area contributed by atoms with E-state index in [1.54, 1.807) is 0 Å². The normalized spacial score (nSPS) is 37.8. The molecule has 2 aromatic carbocycles.